The van der Waals surface area contributed by atoms with Crippen molar-refractivity contribution in [2.24, 2.45) is 7.05 Å². The number of anilines is 1. The lowest BCUT2D eigenvalue weighted by Gasteiger charge is -2.34. The number of carbonyl (C=O) groups is 1. The molecule has 0 spiro atoms. The Morgan fingerprint density at radius 2 is 2.33 bits per heavy atom. The predicted molar refractivity (Wildman–Crippen MR) is 95.4 cm³/mol. The molecule has 1 aliphatic rings. The molecule has 7 nitrogen and oxygen atoms in total. The lowest BCUT2D eigenvalue weighted by molar-refractivity contribution is 0.232. The zero-order valence-electron chi connectivity index (χ0n) is 14.3. The van der Waals surface area contributed by atoms with Gasteiger partial charge in [0, 0.05) is 43.8 Å². The Hall–Kier alpha value is -2.09. The fourth-order valence-corrected chi connectivity index (χ4v) is 3.78. The van der Waals surface area contributed by atoms with Crippen LogP contribution in [0.1, 0.15) is 36.5 Å². The first-order chi connectivity index (χ1) is 11.5. The van der Waals surface area contributed by atoms with Crippen LogP contribution in [0.5, 0.6) is 0 Å². The predicted octanol–water partition coefficient (Wildman–Crippen LogP) is 2.21. The van der Waals surface area contributed by atoms with Crippen LogP contribution >= 0.6 is 11.3 Å². The third-order valence-electron chi connectivity index (χ3n) is 4.23. The molecular weight excluding hydrogens is 324 g/mol. The minimum absolute atomic E-state index is 0.0792. The van der Waals surface area contributed by atoms with Gasteiger partial charge >= 0.3 is 6.03 Å². The van der Waals surface area contributed by atoms with Gasteiger partial charge in [-0.25, -0.2) is 9.78 Å². The molecule has 0 bridgehead atoms. The number of aryl methyl sites for hydroxylation is 2. The number of nitrogens with one attached hydrogen (secondary N) is 2. The van der Waals surface area contributed by atoms with Gasteiger partial charge in [0.15, 0.2) is 0 Å². The summed E-state index contributed by atoms with van der Waals surface area (Å²) in [5.41, 5.74) is 1.01. The molecule has 3 rings (SSSR count). The van der Waals surface area contributed by atoms with E-state index in [1.807, 2.05) is 31.0 Å². The van der Waals surface area contributed by atoms with E-state index in [4.69, 9.17) is 0 Å². The number of rotatable bonds is 4. The number of carbonyl (C=O) groups excluding carboxylic acids is 1. The van der Waals surface area contributed by atoms with Gasteiger partial charge in [0.1, 0.15) is 10.8 Å². The zero-order valence-corrected chi connectivity index (χ0v) is 15.1. The maximum absolute atomic E-state index is 12.2. The topological polar surface area (TPSA) is 75.1 Å². The Labute approximate surface area is 146 Å². The van der Waals surface area contributed by atoms with E-state index in [1.54, 1.807) is 17.5 Å². The summed E-state index contributed by atoms with van der Waals surface area (Å²) in [5.74, 6) is 1.11. The lowest BCUT2D eigenvalue weighted by atomic mass is 10.1. The van der Waals surface area contributed by atoms with Crippen molar-refractivity contribution in [2.75, 3.05) is 18.0 Å². The lowest BCUT2D eigenvalue weighted by Crippen LogP contribution is -2.51. The number of urea groups is 1. The molecule has 0 aromatic carbocycles. The Kier molecular flexibility index (Phi) is 5.03. The van der Waals surface area contributed by atoms with Crippen molar-refractivity contribution in [1.82, 2.24) is 25.4 Å². The molecule has 0 unspecified atom stereocenters. The fourth-order valence-electron chi connectivity index (χ4n) is 3.13. The van der Waals surface area contributed by atoms with E-state index in [1.165, 1.54) is 0 Å². The van der Waals surface area contributed by atoms with Gasteiger partial charge in [-0.15, -0.1) is 11.3 Å². The smallest absolute Gasteiger partial charge is 0.315 e. The number of thiazole rings is 1. The van der Waals surface area contributed by atoms with E-state index in [9.17, 15) is 4.79 Å². The molecule has 1 fully saturated rings. The molecule has 2 amide bonds. The molecule has 24 heavy (non-hydrogen) atoms. The van der Waals surface area contributed by atoms with Crippen molar-refractivity contribution < 1.29 is 4.79 Å². The molecule has 8 heteroatoms. The van der Waals surface area contributed by atoms with Crippen LogP contribution in [0.25, 0.3) is 0 Å². The second-order valence-electron chi connectivity index (χ2n) is 6.26. The van der Waals surface area contributed by atoms with Crippen LogP contribution in [0.2, 0.25) is 0 Å². The fraction of sp³-hybridized carbons (Fsp3) is 0.562. The molecule has 0 radical (unpaired) electrons. The van der Waals surface area contributed by atoms with Crippen LogP contribution in [0.4, 0.5) is 10.6 Å². The molecule has 130 valence electrons. The number of piperidine rings is 1. The van der Waals surface area contributed by atoms with Crippen LogP contribution < -0.4 is 15.5 Å². The molecule has 2 N–H and O–H groups in total. The number of hydrogen-bond donors (Lipinski definition) is 2. The molecule has 3 heterocycles. The Bertz CT molecular complexity index is 683. The highest BCUT2D eigenvalue weighted by Gasteiger charge is 2.24. The third-order valence-corrected chi connectivity index (χ3v) is 5.19. The van der Waals surface area contributed by atoms with Gasteiger partial charge in [-0.3, -0.25) is 4.68 Å². The highest BCUT2D eigenvalue weighted by molar-refractivity contribution is 7.09. The average molecular weight is 348 g/mol. The van der Waals surface area contributed by atoms with Crippen molar-refractivity contribution in [3.8, 4) is 0 Å². The van der Waals surface area contributed by atoms with E-state index >= 15 is 0 Å². The minimum Gasteiger partial charge on any atom is -0.355 e. The van der Waals surface area contributed by atoms with Gasteiger partial charge in [0.2, 0.25) is 0 Å². The second-order valence-corrected chi connectivity index (χ2v) is 7.19. The van der Waals surface area contributed by atoms with Gasteiger partial charge in [-0.2, -0.15) is 5.10 Å². The highest BCUT2D eigenvalue weighted by atomic mass is 32.1. The summed E-state index contributed by atoms with van der Waals surface area (Å²) in [6.45, 7) is 5.74. The maximum atomic E-state index is 12.2. The molecule has 2 aromatic heterocycles. The van der Waals surface area contributed by atoms with Crippen molar-refractivity contribution in [1.29, 1.82) is 0 Å². The van der Waals surface area contributed by atoms with Crippen molar-refractivity contribution in [2.45, 2.75) is 38.8 Å². The monoisotopic (exact) mass is 348 g/mol. The Morgan fingerprint density at radius 3 is 3.00 bits per heavy atom. The summed E-state index contributed by atoms with van der Waals surface area (Å²) >= 11 is 1.55. The standard InChI is InChI=1S/C16H24N6OS/c1-11-9-14(21(3)20-11)22-7-4-5-13(10-22)19-16(23)18-12(2)15-17-6-8-24-15/h6,8-9,12-13H,4-5,7,10H2,1-3H3,(H2,18,19,23)/t12-,13+/m1/s1. The summed E-state index contributed by atoms with van der Waals surface area (Å²) in [6, 6.07) is 2.01. The van der Waals surface area contributed by atoms with Gasteiger partial charge < -0.3 is 15.5 Å². The molecule has 0 aliphatic carbocycles. The van der Waals surface area contributed by atoms with Gasteiger partial charge in [0.05, 0.1) is 11.7 Å². The summed E-state index contributed by atoms with van der Waals surface area (Å²) in [6.07, 6.45) is 3.80. The van der Waals surface area contributed by atoms with Crippen LogP contribution in [-0.4, -0.2) is 39.9 Å². The molecule has 1 aliphatic heterocycles. The average Bonchev–Trinajstić information content (AvgIpc) is 3.17. The van der Waals surface area contributed by atoms with E-state index in [0.717, 1.165) is 42.5 Å². The number of nitrogens with zero attached hydrogens (tertiary/aromatic N) is 4. The molecule has 2 aromatic rings. The summed E-state index contributed by atoms with van der Waals surface area (Å²) < 4.78 is 1.91. The Morgan fingerprint density at radius 1 is 1.50 bits per heavy atom. The van der Waals surface area contributed by atoms with Gasteiger partial charge in [-0.05, 0) is 26.7 Å². The van der Waals surface area contributed by atoms with Gasteiger partial charge in [0.25, 0.3) is 0 Å². The second kappa shape index (κ2) is 7.21. The van der Waals surface area contributed by atoms with E-state index in [0.29, 0.717) is 0 Å². The number of amides is 2. The first kappa shape index (κ1) is 16.8. The molecular formula is C16H24N6OS. The van der Waals surface area contributed by atoms with Crippen LogP contribution in [-0.2, 0) is 7.05 Å². The summed E-state index contributed by atoms with van der Waals surface area (Å²) in [7, 11) is 1.96. The molecule has 1 saturated heterocycles. The normalized spacial score (nSPS) is 19.1. The van der Waals surface area contributed by atoms with E-state index in [-0.39, 0.29) is 18.1 Å². The highest BCUT2D eigenvalue weighted by Crippen LogP contribution is 2.20. The van der Waals surface area contributed by atoms with E-state index in [2.05, 4.69) is 31.7 Å². The van der Waals surface area contributed by atoms with Crippen LogP contribution in [0.15, 0.2) is 17.6 Å². The zero-order chi connectivity index (χ0) is 17.1. The first-order valence-corrected chi connectivity index (χ1v) is 9.13. The van der Waals surface area contributed by atoms with Crippen molar-refractivity contribution >= 4 is 23.2 Å². The SMILES string of the molecule is Cc1cc(N2CCC[C@H](NC(=O)N[C@H](C)c3nccs3)C2)n(C)n1. The molecule has 0 saturated carbocycles. The van der Waals surface area contributed by atoms with E-state index < -0.39 is 0 Å². The van der Waals surface area contributed by atoms with Crippen LogP contribution in [0.3, 0.4) is 0 Å². The Balaban J connectivity index is 1.55. The molecule has 2 atom stereocenters. The van der Waals surface area contributed by atoms with Crippen molar-refractivity contribution in [3.05, 3.63) is 28.3 Å². The van der Waals surface area contributed by atoms with Crippen molar-refractivity contribution in [3.63, 3.8) is 0 Å². The first-order valence-electron chi connectivity index (χ1n) is 8.25. The maximum Gasteiger partial charge on any atom is 0.315 e. The van der Waals surface area contributed by atoms with Crippen LogP contribution in [0, 0.1) is 6.92 Å². The van der Waals surface area contributed by atoms with Gasteiger partial charge in [-0.1, -0.05) is 0 Å². The quantitative estimate of drug-likeness (QED) is 0.888. The summed E-state index contributed by atoms with van der Waals surface area (Å²) in [5, 5.41) is 13.3. The largest absolute Gasteiger partial charge is 0.355 e. The summed E-state index contributed by atoms with van der Waals surface area (Å²) in [4.78, 5) is 18.8. The third kappa shape index (κ3) is 3.87. The number of hydrogen-bond acceptors (Lipinski definition) is 5. The minimum atomic E-state index is -0.134. The number of aromatic nitrogens is 3.